The van der Waals surface area contributed by atoms with E-state index in [4.69, 9.17) is 0 Å². The molecule has 1 saturated heterocycles. The summed E-state index contributed by atoms with van der Waals surface area (Å²) in [5.74, 6) is 0.306. The third kappa shape index (κ3) is 3.23. The van der Waals surface area contributed by atoms with Crippen molar-refractivity contribution >= 4 is 10.2 Å². The molecule has 6 nitrogen and oxygen atoms in total. The van der Waals surface area contributed by atoms with Crippen LogP contribution in [0.25, 0.3) is 0 Å². The summed E-state index contributed by atoms with van der Waals surface area (Å²) in [4.78, 5) is 13.6. The van der Waals surface area contributed by atoms with Crippen molar-refractivity contribution in [2.75, 3.05) is 27.2 Å². The first-order valence-corrected chi connectivity index (χ1v) is 7.64. The predicted molar refractivity (Wildman–Crippen MR) is 73.1 cm³/mol. The lowest BCUT2D eigenvalue weighted by molar-refractivity contribution is 0.409. The van der Waals surface area contributed by atoms with E-state index in [1.54, 1.807) is 26.4 Å². The van der Waals surface area contributed by atoms with Gasteiger partial charge >= 0.3 is 0 Å². The minimum atomic E-state index is -3.30. The van der Waals surface area contributed by atoms with Crippen LogP contribution in [0.1, 0.15) is 12.0 Å². The molecular weight excluding hydrogens is 266 g/mol. The molecule has 1 N–H and O–H groups in total. The second-order valence-electron chi connectivity index (χ2n) is 5.07. The lowest BCUT2D eigenvalue weighted by Gasteiger charge is -2.20. The van der Waals surface area contributed by atoms with Crippen molar-refractivity contribution in [3.63, 3.8) is 0 Å². The lowest BCUT2D eigenvalue weighted by atomic mass is 10.0. The zero-order valence-corrected chi connectivity index (χ0v) is 12.0. The van der Waals surface area contributed by atoms with Crippen molar-refractivity contribution in [1.82, 2.24) is 13.6 Å². The van der Waals surface area contributed by atoms with Gasteiger partial charge in [0.1, 0.15) is 0 Å². The first-order valence-electron chi connectivity index (χ1n) is 6.25. The van der Waals surface area contributed by atoms with Crippen LogP contribution in [0.3, 0.4) is 0 Å². The maximum atomic E-state index is 12.0. The maximum absolute atomic E-state index is 12.0. The summed E-state index contributed by atoms with van der Waals surface area (Å²) in [7, 11) is -0.207. The van der Waals surface area contributed by atoms with E-state index >= 15 is 0 Å². The van der Waals surface area contributed by atoms with Gasteiger partial charge < -0.3 is 4.98 Å². The van der Waals surface area contributed by atoms with Gasteiger partial charge in [-0.1, -0.05) is 6.07 Å². The highest BCUT2D eigenvalue weighted by atomic mass is 32.2. The molecule has 1 unspecified atom stereocenters. The van der Waals surface area contributed by atoms with Gasteiger partial charge in [-0.15, -0.1) is 0 Å². The van der Waals surface area contributed by atoms with Gasteiger partial charge in [0.2, 0.25) is 5.56 Å². The summed E-state index contributed by atoms with van der Waals surface area (Å²) in [5, 5.41) is 0. The molecule has 1 aromatic heterocycles. The summed E-state index contributed by atoms with van der Waals surface area (Å²) in [6, 6.07) is 3.29. The Morgan fingerprint density at radius 3 is 2.74 bits per heavy atom. The molecule has 1 aromatic rings. The van der Waals surface area contributed by atoms with E-state index < -0.39 is 10.2 Å². The van der Waals surface area contributed by atoms with Gasteiger partial charge in [0.25, 0.3) is 10.2 Å². The average molecular weight is 285 g/mol. The standard InChI is InChI=1S/C12H19N3O3S/c1-14(2)19(17,18)15-6-5-11(9-15)7-10-3-4-12(16)13-8-10/h3-4,8,11H,5-7,9H2,1-2H3,(H,13,16). The van der Waals surface area contributed by atoms with Crippen molar-refractivity contribution in [1.29, 1.82) is 0 Å². The zero-order chi connectivity index (χ0) is 14.0. The highest BCUT2D eigenvalue weighted by Gasteiger charge is 2.32. The van der Waals surface area contributed by atoms with Gasteiger partial charge in [0.05, 0.1) is 0 Å². The van der Waals surface area contributed by atoms with Gasteiger partial charge in [-0.05, 0) is 24.3 Å². The fourth-order valence-corrected chi connectivity index (χ4v) is 3.50. The Morgan fingerprint density at radius 2 is 2.16 bits per heavy atom. The molecule has 1 aliphatic heterocycles. The van der Waals surface area contributed by atoms with Crippen LogP contribution < -0.4 is 5.56 Å². The van der Waals surface area contributed by atoms with E-state index in [1.807, 2.05) is 0 Å². The van der Waals surface area contributed by atoms with E-state index in [9.17, 15) is 13.2 Å². The normalized spacial score (nSPS) is 21.1. The molecule has 2 heterocycles. The molecule has 0 radical (unpaired) electrons. The van der Waals surface area contributed by atoms with E-state index in [2.05, 4.69) is 4.98 Å². The Bertz CT molecular complexity index is 574. The number of pyridine rings is 1. The second kappa shape index (κ2) is 5.44. The molecule has 0 spiro atoms. The van der Waals surface area contributed by atoms with Crippen molar-refractivity contribution in [3.05, 3.63) is 34.2 Å². The number of nitrogens with one attached hydrogen (secondary N) is 1. The summed E-state index contributed by atoms with van der Waals surface area (Å²) < 4.78 is 26.7. The van der Waals surface area contributed by atoms with Crippen molar-refractivity contribution in [3.8, 4) is 0 Å². The SMILES string of the molecule is CN(C)S(=O)(=O)N1CCC(Cc2ccc(=O)[nH]c2)C1. The Labute approximate surface area is 113 Å². The highest BCUT2D eigenvalue weighted by Crippen LogP contribution is 2.23. The molecule has 106 valence electrons. The first kappa shape index (κ1) is 14.2. The second-order valence-corrected chi connectivity index (χ2v) is 7.21. The zero-order valence-electron chi connectivity index (χ0n) is 11.2. The van der Waals surface area contributed by atoms with Crippen LogP contribution in [0.2, 0.25) is 0 Å². The van der Waals surface area contributed by atoms with Crippen LogP contribution in [-0.2, 0) is 16.6 Å². The van der Waals surface area contributed by atoms with E-state index in [1.165, 1.54) is 14.7 Å². The molecule has 0 aromatic carbocycles. The summed E-state index contributed by atoms with van der Waals surface area (Å²) >= 11 is 0. The number of aromatic nitrogens is 1. The van der Waals surface area contributed by atoms with Crippen LogP contribution in [-0.4, -0.2) is 49.2 Å². The summed E-state index contributed by atoms with van der Waals surface area (Å²) in [5.41, 5.74) is 0.917. The minimum absolute atomic E-state index is 0.119. The number of H-pyrrole nitrogens is 1. The van der Waals surface area contributed by atoms with E-state index in [0.29, 0.717) is 19.0 Å². The molecule has 0 amide bonds. The molecule has 1 atom stereocenters. The molecule has 19 heavy (non-hydrogen) atoms. The molecule has 0 aliphatic carbocycles. The van der Waals surface area contributed by atoms with Crippen LogP contribution in [0.15, 0.2) is 23.1 Å². The third-order valence-electron chi connectivity index (χ3n) is 3.41. The van der Waals surface area contributed by atoms with Gasteiger partial charge in [0.15, 0.2) is 0 Å². The Hall–Kier alpha value is -1.18. The minimum Gasteiger partial charge on any atom is -0.329 e. The van der Waals surface area contributed by atoms with Crippen LogP contribution in [0, 0.1) is 5.92 Å². The fourth-order valence-electron chi connectivity index (χ4n) is 2.31. The van der Waals surface area contributed by atoms with E-state index in [-0.39, 0.29) is 5.56 Å². The monoisotopic (exact) mass is 285 g/mol. The topological polar surface area (TPSA) is 73.5 Å². The van der Waals surface area contributed by atoms with E-state index in [0.717, 1.165) is 18.4 Å². The largest absolute Gasteiger partial charge is 0.329 e. The molecule has 1 aliphatic rings. The van der Waals surface area contributed by atoms with Crippen molar-refractivity contribution in [2.45, 2.75) is 12.8 Å². The molecular formula is C12H19N3O3S. The quantitative estimate of drug-likeness (QED) is 0.849. The highest BCUT2D eigenvalue weighted by molar-refractivity contribution is 7.86. The Kier molecular flexibility index (Phi) is 4.07. The first-order chi connectivity index (χ1) is 8.89. The number of hydrogen-bond acceptors (Lipinski definition) is 3. The Balaban J connectivity index is 1.99. The van der Waals surface area contributed by atoms with Gasteiger partial charge in [-0.25, -0.2) is 0 Å². The molecule has 0 saturated carbocycles. The van der Waals surface area contributed by atoms with Crippen molar-refractivity contribution in [2.24, 2.45) is 5.92 Å². The summed E-state index contributed by atoms with van der Waals surface area (Å²) in [6.07, 6.45) is 3.34. The third-order valence-corrected chi connectivity index (χ3v) is 5.32. The summed E-state index contributed by atoms with van der Waals surface area (Å²) in [6.45, 7) is 1.11. The number of nitrogens with zero attached hydrogens (tertiary/aromatic N) is 2. The van der Waals surface area contributed by atoms with Gasteiger partial charge in [-0.2, -0.15) is 17.0 Å². The van der Waals surface area contributed by atoms with Crippen molar-refractivity contribution < 1.29 is 8.42 Å². The smallest absolute Gasteiger partial charge is 0.281 e. The number of rotatable bonds is 4. The van der Waals surface area contributed by atoms with Gasteiger partial charge in [-0.3, -0.25) is 4.79 Å². The van der Waals surface area contributed by atoms with Gasteiger partial charge in [0, 0.05) is 39.4 Å². The molecule has 0 bridgehead atoms. The lowest BCUT2D eigenvalue weighted by Crippen LogP contribution is -2.38. The van der Waals surface area contributed by atoms with Crippen LogP contribution in [0.5, 0.6) is 0 Å². The number of aromatic amines is 1. The Morgan fingerprint density at radius 1 is 1.42 bits per heavy atom. The fraction of sp³-hybridized carbons (Fsp3) is 0.583. The molecule has 7 heteroatoms. The average Bonchev–Trinajstić information content (AvgIpc) is 2.81. The number of hydrogen-bond donors (Lipinski definition) is 1. The van der Waals surface area contributed by atoms with Crippen LogP contribution in [0.4, 0.5) is 0 Å². The maximum Gasteiger partial charge on any atom is 0.281 e. The molecule has 1 fully saturated rings. The van der Waals surface area contributed by atoms with Crippen LogP contribution >= 0.6 is 0 Å². The molecule has 2 rings (SSSR count). The predicted octanol–water partition coefficient (Wildman–Crippen LogP) is 0.0457.